The van der Waals surface area contributed by atoms with Crippen molar-refractivity contribution in [3.05, 3.63) is 65.4 Å². The van der Waals surface area contributed by atoms with E-state index in [0.29, 0.717) is 17.0 Å². The van der Waals surface area contributed by atoms with Crippen molar-refractivity contribution in [1.82, 2.24) is 15.5 Å². The number of carbonyl (C=O) groups excluding carboxylic acids is 1. The number of alkyl halides is 3. The molecule has 1 unspecified atom stereocenters. The van der Waals surface area contributed by atoms with Crippen molar-refractivity contribution in [3.63, 3.8) is 0 Å². The molecule has 31 heavy (non-hydrogen) atoms. The zero-order valence-corrected chi connectivity index (χ0v) is 17.1. The number of anilines is 1. The van der Waals surface area contributed by atoms with E-state index in [0.717, 1.165) is 42.7 Å². The Labute approximate surface area is 178 Å². The number of nitrogens with zero attached hydrogens (tertiary/aromatic N) is 3. The van der Waals surface area contributed by atoms with Crippen LogP contribution in [0, 0.1) is 0 Å². The minimum Gasteiger partial charge on any atom is -0.352 e. The van der Waals surface area contributed by atoms with E-state index in [-0.39, 0.29) is 12.2 Å². The molecule has 0 aliphatic carbocycles. The van der Waals surface area contributed by atoms with Gasteiger partial charge in [0.1, 0.15) is 0 Å². The predicted octanol–water partition coefficient (Wildman–Crippen LogP) is 4.96. The highest BCUT2D eigenvalue weighted by Crippen LogP contribution is 2.31. The van der Waals surface area contributed by atoms with Crippen LogP contribution in [0.15, 0.2) is 48.5 Å². The number of rotatable bonds is 4. The van der Waals surface area contributed by atoms with Crippen LogP contribution in [0.4, 0.5) is 19.0 Å². The number of carbonyl (C=O) groups is 1. The maximum Gasteiger partial charge on any atom is 0.416 e. The van der Waals surface area contributed by atoms with Crippen LogP contribution in [0.1, 0.15) is 47.8 Å². The zero-order valence-electron chi connectivity index (χ0n) is 17.1. The highest BCUT2D eigenvalue weighted by molar-refractivity contribution is 6.07. The number of hydrogen-bond donors (Lipinski definition) is 1. The highest BCUT2D eigenvalue weighted by atomic mass is 19.4. The summed E-state index contributed by atoms with van der Waals surface area (Å²) >= 11 is 0. The second-order valence-electron chi connectivity index (χ2n) is 7.84. The molecule has 5 nitrogen and oxygen atoms in total. The molecule has 162 valence electrons. The van der Waals surface area contributed by atoms with Gasteiger partial charge in [0.05, 0.1) is 5.56 Å². The molecule has 1 amide bonds. The molecule has 3 aromatic rings. The van der Waals surface area contributed by atoms with Crippen molar-refractivity contribution in [2.75, 3.05) is 11.4 Å². The summed E-state index contributed by atoms with van der Waals surface area (Å²) in [4.78, 5) is 15.0. The Morgan fingerprint density at radius 2 is 1.87 bits per heavy atom. The number of hydrogen-bond acceptors (Lipinski definition) is 4. The molecule has 2 aromatic carbocycles. The van der Waals surface area contributed by atoms with Crippen LogP contribution in [0.3, 0.4) is 0 Å². The van der Waals surface area contributed by atoms with Crippen molar-refractivity contribution in [2.24, 2.45) is 0 Å². The van der Waals surface area contributed by atoms with Crippen molar-refractivity contribution in [1.29, 1.82) is 0 Å². The van der Waals surface area contributed by atoms with Gasteiger partial charge in [-0.1, -0.05) is 36.4 Å². The van der Waals surface area contributed by atoms with Crippen molar-refractivity contribution in [3.8, 4) is 0 Å². The van der Waals surface area contributed by atoms with Gasteiger partial charge in [-0.2, -0.15) is 13.2 Å². The molecule has 1 aromatic heterocycles. The van der Waals surface area contributed by atoms with Gasteiger partial charge < -0.3 is 10.2 Å². The summed E-state index contributed by atoms with van der Waals surface area (Å²) in [5, 5.41) is 12.8. The largest absolute Gasteiger partial charge is 0.416 e. The molecule has 1 fully saturated rings. The molecule has 0 bridgehead atoms. The number of amides is 1. The van der Waals surface area contributed by atoms with E-state index in [1.807, 2.05) is 24.3 Å². The Balaban J connectivity index is 1.59. The fourth-order valence-corrected chi connectivity index (χ4v) is 4.01. The third kappa shape index (κ3) is 4.47. The molecular formula is C23H23F3N4O. The number of nitrogens with one attached hydrogen (secondary N) is 1. The van der Waals surface area contributed by atoms with Gasteiger partial charge in [-0.05, 0) is 43.9 Å². The third-order valence-electron chi connectivity index (χ3n) is 5.67. The van der Waals surface area contributed by atoms with Crippen LogP contribution in [0.25, 0.3) is 10.8 Å². The first-order valence-corrected chi connectivity index (χ1v) is 10.3. The minimum atomic E-state index is -4.43. The van der Waals surface area contributed by atoms with Gasteiger partial charge in [-0.3, -0.25) is 4.79 Å². The van der Waals surface area contributed by atoms with Crippen molar-refractivity contribution in [2.45, 2.75) is 44.9 Å². The van der Waals surface area contributed by atoms with Gasteiger partial charge in [0, 0.05) is 29.9 Å². The lowest BCUT2D eigenvalue weighted by molar-refractivity contribution is -0.137. The van der Waals surface area contributed by atoms with Crippen molar-refractivity contribution >= 4 is 22.5 Å². The van der Waals surface area contributed by atoms with Crippen LogP contribution < -0.4 is 10.2 Å². The second-order valence-corrected chi connectivity index (χ2v) is 7.84. The lowest BCUT2D eigenvalue weighted by atomic mass is 10.0. The van der Waals surface area contributed by atoms with Crippen molar-refractivity contribution < 1.29 is 18.0 Å². The highest BCUT2D eigenvalue weighted by Gasteiger charge is 2.30. The van der Waals surface area contributed by atoms with Crippen LogP contribution in [0.5, 0.6) is 0 Å². The first-order valence-electron chi connectivity index (χ1n) is 10.3. The number of halogens is 3. The van der Waals surface area contributed by atoms with E-state index in [1.165, 1.54) is 12.5 Å². The first kappa shape index (κ1) is 21.1. The summed E-state index contributed by atoms with van der Waals surface area (Å²) in [6, 6.07) is 12.7. The van der Waals surface area contributed by atoms with Crippen LogP contribution in [0.2, 0.25) is 0 Å². The SMILES string of the molecule is CC1CCCCN1c1nnc(C(=O)NCc2cccc(C(F)(F)F)c2)c2ccccc12. The van der Waals surface area contributed by atoms with Gasteiger partial charge in [-0.15, -0.1) is 10.2 Å². The van der Waals surface area contributed by atoms with E-state index in [2.05, 4.69) is 27.3 Å². The van der Waals surface area contributed by atoms with Gasteiger partial charge in [0.15, 0.2) is 11.5 Å². The molecule has 4 rings (SSSR count). The molecule has 2 heterocycles. The maximum atomic E-state index is 12.9. The summed E-state index contributed by atoms with van der Waals surface area (Å²) in [5.41, 5.74) is -0.223. The van der Waals surface area contributed by atoms with Crippen LogP contribution in [-0.4, -0.2) is 28.7 Å². The molecule has 1 saturated heterocycles. The zero-order chi connectivity index (χ0) is 22.0. The van der Waals surface area contributed by atoms with E-state index < -0.39 is 17.6 Å². The topological polar surface area (TPSA) is 58.1 Å². The minimum absolute atomic E-state index is 0.0380. The van der Waals surface area contributed by atoms with E-state index in [1.54, 1.807) is 6.07 Å². The molecule has 1 aliphatic heterocycles. The smallest absolute Gasteiger partial charge is 0.352 e. The molecule has 1 aliphatic rings. The molecule has 8 heteroatoms. The fraction of sp³-hybridized carbons (Fsp3) is 0.348. The molecule has 1 atom stereocenters. The molecule has 0 saturated carbocycles. The Bertz CT molecular complexity index is 1100. The Morgan fingerprint density at radius 3 is 2.61 bits per heavy atom. The summed E-state index contributed by atoms with van der Waals surface area (Å²) in [5.74, 6) is 0.289. The summed E-state index contributed by atoms with van der Waals surface area (Å²) < 4.78 is 38.7. The average Bonchev–Trinajstić information content (AvgIpc) is 2.77. The summed E-state index contributed by atoms with van der Waals surface area (Å²) in [6.45, 7) is 3.01. The second kappa shape index (κ2) is 8.53. The Kier molecular flexibility index (Phi) is 5.80. The van der Waals surface area contributed by atoms with Gasteiger partial charge in [-0.25, -0.2) is 0 Å². The normalized spacial score (nSPS) is 17.0. The Hall–Kier alpha value is -3.16. The molecule has 1 N–H and O–H groups in total. The molecule has 0 radical (unpaired) electrons. The van der Waals surface area contributed by atoms with E-state index in [9.17, 15) is 18.0 Å². The van der Waals surface area contributed by atoms with E-state index >= 15 is 0 Å². The Morgan fingerprint density at radius 1 is 1.10 bits per heavy atom. The van der Waals surface area contributed by atoms with Gasteiger partial charge >= 0.3 is 6.18 Å². The van der Waals surface area contributed by atoms with Gasteiger partial charge in [0.2, 0.25) is 0 Å². The maximum absolute atomic E-state index is 12.9. The number of fused-ring (bicyclic) bond motifs is 1. The summed E-state index contributed by atoms with van der Waals surface area (Å²) in [7, 11) is 0. The first-order chi connectivity index (χ1) is 14.8. The monoisotopic (exact) mass is 428 g/mol. The number of piperidine rings is 1. The number of aromatic nitrogens is 2. The predicted molar refractivity (Wildman–Crippen MR) is 113 cm³/mol. The van der Waals surface area contributed by atoms with Crippen LogP contribution in [-0.2, 0) is 12.7 Å². The number of benzene rings is 2. The molecular weight excluding hydrogens is 405 g/mol. The lowest BCUT2D eigenvalue weighted by Crippen LogP contribution is -2.38. The lowest BCUT2D eigenvalue weighted by Gasteiger charge is -2.34. The third-order valence-corrected chi connectivity index (χ3v) is 5.67. The average molecular weight is 428 g/mol. The van der Waals surface area contributed by atoms with Gasteiger partial charge in [0.25, 0.3) is 5.91 Å². The fourth-order valence-electron chi connectivity index (χ4n) is 4.01. The standard InChI is InChI=1S/C23H23F3N4O/c1-15-7-4-5-12-30(15)21-19-11-3-2-10-18(19)20(28-29-21)22(31)27-14-16-8-6-9-17(13-16)23(24,25)26/h2-3,6,8-11,13,15H,4-5,7,12,14H2,1H3,(H,27,31). The molecule has 0 spiro atoms. The quantitative estimate of drug-likeness (QED) is 0.638. The van der Waals surface area contributed by atoms with Crippen LogP contribution >= 0.6 is 0 Å². The van der Waals surface area contributed by atoms with E-state index in [4.69, 9.17) is 0 Å². The summed E-state index contributed by atoms with van der Waals surface area (Å²) in [6.07, 6.45) is -1.09.